The number of hydrogen-bond acceptors (Lipinski definition) is 0. The minimum absolute atomic E-state index is 0. The molecule has 0 aromatic heterocycles. The van der Waals surface area contributed by atoms with Crippen molar-refractivity contribution in [3.8, 4) is 0 Å². The van der Waals surface area contributed by atoms with E-state index in [2.05, 4.69) is 0 Å². The molecule has 6 heteroatoms. The molecule has 0 N–H and O–H groups in total. The van der Waals surface area contributed by atoms with Crippen LogP contribution in [-0.4, -0.2) is 0 Å². The fourth-order valence-corrected chi connectivity index (χ4v) is 0. The van der Waals surface area contributed by atoms with Crippen LogP contribution in [0.4, 0.5) is 0 Å². The van der Waals surface area contributed by atoms with Gasteiger partial charge in [0.1, 0.15) is 0 Å². The van der Waals surface area contributed by atoms with Crippen molar-refractivity contribution >= 4 is 0 Å². The van der Waals surface area contributed by atoms with E-state index in [0.29, 0.717) is 0 Å². The monoisotopic (exact) mass is 344 g/mol. The summed E-state index contributed by atoms with van der Waals surface area (Å²) in [5.41, 5.74) is 0. The second-order valence-corrected chi connectivity index (χ2v) is 0. The van der Waals surface area contributed by atoms with E-state index in [9.17, 15) is 0 Å². The van der Waals surface area contributed by atoms with Crippen molar-refractivity contribution in [1.29, 1.82) is 0 Å². The quantitative estimate of drug-likeness (QED) is 0.542. The summed E-state index contributed by atoms with van der Waals surface area (Å²) in [6.45, 7) is 0. The van der Waals surface area contributed by atoms with Crippen LogP contribution in [0.15, 0.2) is 0 Å². The molecule has 0 rings (SSSR count). The first-order chi connectivity index (χ1) is 0. The molecule has 0 amide bonds. The van der Waals surface area contributed by atoms with Gasteiger partial charge >= 0.3 is 0 Å². The van der Waals surface area contributed by atoms with E-state index in [-0.39, 0.29) is 101 Å². The van der Waals surface area contributed by atoms with E-state index in [1.54, 1.807) is 0 Å². The van der Waals surface area contributed by atoms with Crippen LogP contribution in [-0.2, 0) is 101 Å². The molecule has 0 aromatic carbocycles. The third-order valence-electron chi connectivity index (χ3n) is 0. The van der Waals surface area contributed by atoms with Crippen molar-refractivity contribution in [3.63, 3.8) is 0 Å². The predicted octanol–water partition coefficient (Wildman–Crippen LogP) is -0.0150. The van der Waals surface area contributed by atoms with E-state index < -0.39 is 0 Å². The average Bonchev–Trinajstić information content (AvgIpc) is 0. The molecular formula is Co2Mn2Ni2. The molecule has 0 spiro atoms. The molecule has 0 saturated heterocycles. The first-order valence-corrected chi connectivity index (χ1v) is 0. The van der Waals surface area contributed by atoms with Crippen LogP contribution < -0.4 is 0 Å². The Balaban J connectivity index is 0. The summed E-state index contributed by atoms with van der Waals surface area (Å²) in [5.74, 6) is 0. The average molecular weight is 345 g/mol. The Morgan fingerprint density at radius 2 is 0.500 bits per heavy atom. The zero-order valence-corrected chi connectivity index (χ0v) is 8.47. The van der Waals surface area contributed by atoms with Gasteiger partial charge in [-0.3, -0.25) is 0 Å². The molecular weight excluding hydrogens is 345 g/mol. The van der Waals surface area contributed by atoms with Gasteiger partial charge in [-0.05, 0) is 0 Å². The van der Waals surface area contributed by atoms with Crippen LogP contribution in [0.3, 0.4) is 0 Å². The SMILES string of the molecule is [Co].[Co].[Mn].[Mn].[Ni].[Ni]. The van der Waals surface area contributed by atoms with Gasteiger partial charge in [-0.1, -0.05) is 0 Å². The summed E-state index contributed by atoms with van der Waals surface area (Å²) in [5, 5.41) is 0. The van der Waals surface area contributed by atoms with E-state index in [4.69, 9.17) is 0 Å². The fourth-order valence-electron chi connectivity index (χ4n) is 0. The molecule has 4 radical (unpaired) electrons. The molecule has 0 aliphatic heterocycles. The van der Waals surface area contributed by atoms with Crippen molar-refractivity contribution < 1.29 is 101 Å². The minimum Gasteiger partial charge on any atom is 0 e. The first kappa shape index (κ1) is 63.3. The van der Waals surface area contributed by atoms with Crippen LogP contribution >= 0.6 is 0 Å². The van der Waals surface area contributed by atoms with Gasteiger partial charge in [0.15, 0.2) is 0 Å². The number of rotatable bonds is 0. The van der Waals surface area contributed by atoms with Gasteiger partial charge in [0.2, 0.25) is 0 Å². The van der Waals surface area contributed by atoms with Gasteiger partial charge in [-0.2, -0.15) is 0 Å². The van der Waals surface area contributed by atoms with Crippen molar-refractivity contribution in [3.05, 3.63) is 0 Å². The first-order valence-electron chi connectivity index (χ1n) is 0. The van der Waals surface area contributed by atoms with Gasteiger partial charge in [0, 0.05) is 101 Å². The van der Waals surface area contributed by atoms with E-state index in [0.717, 1.165) is 0 Å². The molecule has 0 saturated carbocycles. The molecule has 0 atom stereocenters. The molecule has 0 heterocycles. The summed E-state index contributed by atoms with van der Waals surface area (Å²) in [6, 6.07) is 0. The molecule has 6 heavy (non-hydrogen) atoms. The van der Waals surface area contributed by atoms with Crippen LogP contribution in [0, 0.1) is 0 Å². The van der Waals surface area contributed by atoms with Gasteiger partial charge in [-0.25, -0.2) is 0 Å². The van der Waals surface area contributed by atoms with Gasteiger partial charge in [0.25, 0.3) is 0 Å². The molecule has 52 valence electrons. The largest absolute Gasteiger partial charge is 0 e. The third-order valence-corrected chi connectivity index (χ3v) is 0. The van der Waals surface area contributed by atoms with E-state index >= 15 is 0 Å². The Morgan fingerprint density at radius 3 is 0.500 bits per heavy atom. The molecule has 0 aromatic rings. The molecule has 0 fully saturated rings. The van der Waals surface area contributed by atoms with Gasteiger partial charge in [-0.15, -0.1) is 0 Å². The van der Waals surface area contributed by atoms with Crippen molar-refractivity contribution in [2.75, 3.05) is 0 Å². The summed E-state index contributed by atoms with van der Waals surface area (Å²) < 4.78 is 0. The maximum Gasteiger partial charge on any atom is 0 e. The number of hydrogen-bond donors (Lipinski definition) is 0. The molecule has 0 aliphatic carbocycles. The van der Waals surface area contributed by atoms with Crippen LogP contribution in [0.25, 0.3) is 0 Å². The smallest absolute Gasteiger partial charge is 0 e. The zero-order chi connectivity index (χ0) is 0. The van der Waals surface area contributed by atoms with E-state index in [1.165, 1.54) is 0 Å². The summed E-state index contributed by atoms with van der Waals surface area (Å²) in [6.07, 6.45) is 0. The predicted molar refractivity (Wildman–Crippen MR) is 0 cm³/mol. The summed E-state index contributed by atoms with van der Waals surface area (Å²) in [7, 11) is 0. The van der Waals surface area contributed by atoms with Crippen molar-refractivity contribution in [1.82, 2.24) is 0 Å². The minimum atomic E-state index is 0. The Bertz CT molecular complexity index is 9.51. The van der Waals surface area contributed by atoms with Crippen molar-refractivity contribution in [2.24, 2.45) is 0 Å². The molecule has 0 unspecified atom stereocenters. The Labute approximate surface area is 99.3 Å². The summed E-state index contributed by atoms with van der Waals surface area (Å²) in [4.78, 5) is 0. The second kappa shape index (κ2) is 43.1. The van der Waals surface area contributed by atoms with Crippen LogP contribution in [0.1, 0.15) is 0 Å². The standard InChI is InChI=1S/2Co.2Mn.2Ni. The second-order valence-electron chi connectivity index (χ2n) is 0. The van der Waals surface area contributed by atoms with Crippen LogP contribution in [0.2, 0.25) is 0 Å². The maximum atomic E-state index is 0. The molecule has 0 aliphatic rings. The normalized spacial score (nSPS) is 0. The summed E-state index contributed by atoms with van der Waals surface area (Å²) >= 11 is 0. The Morgan fingerprint density at radius 1 is 0.500 bits per heavy atom. The zero-order valence-electron chi connectivity index (χ0n) is 2.06. The van der Waals surface area contributed by atoms with Crippen LogP contribution in [0.5, 0.6) is 0 Å². The van der Waals surface area contributed by atoms with Gasteiger partial charge in [0.05, 0.1) is 0 Å². The Kier molecular flexibility index (Phi) is 455. The third kappa shape index (κ3) is 27.8. The molecule has 0 bridgehead atoms. The topological polar surface area (TPSA) is 0 Å². The van der Waals surface area contributed by atoms with Crippen molar-refractivity contribution in [2.45, 2.75) is 0 Å². The fraction of sp³-hybridized carbons (Fsp3) is 0. The van der Waals surface area contributed by atoms with Gasteiger partial charge < -0.3 is 0 Å². The maximum absolute atomic E-state index is 0. The Hall–Kier alpha value is 3.04. The van der Waals surface area contributed by atoms with E-state index in [1.807, 2.05) is 0 Å². The molecule has 0 nitrogen and oxygen atoms in total.